The number of anilines is 1. The summed E-state index contributed by atoms with van der Waals surface area (Å²) in [5.74, 6) is -0.433. The van der Waals surface area contributed by atoms with Gasteiger partial charge in [0.05, 0.1) is 10.5 Å². The molecule has 0 atom stereocenters. The van der Waals surface area contributed by atoms with E-state index in [-0.39, 0.29) is 11.4 Å². The minimum Gasteiger partial charge on any atom is -0.316 e. The van der Waals surface area contributed by atoms with E-state index < -0.39 is 10.8 Å². The molecule has 0 fully saturated rings. The number of para-hydroxylation sites is 2. The second-order valence-electron chi connectivity index (χ2n) is 3.47. The number of pyridine rings is 1. The van der Waals surface area contributed by atoms with Gasteiger partial charge in [-0.05, 0) is 18.2 Å². The highest BCUT2D eigenvalue weighted by Crippen LogP contribution is 2.23. The smallest absolute Gasteiger partial charge is 0.292 e. The lowest BCUT2D eigenvalue weighted by molar-refractivity contribution is -0.383. The highest BCUT2D eigenvalue weighted by molar-refractivity contribution is 6.05. The fourth-order valence-corrected chi connectivity index (χ4v) is 1.43. The molecule has 1 aromatic heterocycles. The Labute approximate surface area is 102 Å². The van der Waals surface area contributed by atoms with Gasteiger partial charge in [-0.1, -0.05) is 12.1 Å². The number of benzene rings is 1. The number of hydrogen-bond donors (Lipinski definition) is 1. The first-order valence-corrected chi connectivity index (χ1v) is 5.13. The second kappa shape index (κ2) is 5.05. The van der Waals surface area contributed by atoms with Gasteiger partial charge in [-0.25, -0.2) is 0 Å². The maximum absolute atomic E-state index is 11.8. The average Bonchev–Trinajstić information content (AvgIpc) is 2.40. The summed E-state index contributed by atoms with van der Waals surface area (Å²) in [7, 11) is 0. The minimum atomic E-state index is -0.543. The molecule has 2 aromatic rings. The molecule has 1 N–H and O–H groups in total. The molecule has 6 nitrogen and oxygen atoms in total. The second-order valence-corrected chi connectivity index (χ2v) is 3.47. The lowest BCUT2D eigenvalue weighted by Crippen LogP contribution is -2.13. The van der Waals surface area contributed by atoms with Gasteiger partial charge in [0.15, 0.2) is 0 Å². The number of nitrogens with one attached hydrogen (secondary N) is 1. The topological polar surface area (TPSA) is 85.1 Å². The molecule has 1 heterocycles. The molecule has 0 bridgehead atoms. The molecule has 6 heteroatoms. The molecule has 0 aliphatic heterocycles. The molecule has 90 valence electrons. The summed E-state index contributed by atoms with van der Waals surface area (Å²) in [5.41, 5.74) is 0.363. The molecule has 18 heavy (non-hydrogen) atoms. The molecule has 1 amide bonds. The van der Waals surface area contributed by atoms with Crippen LogP contribution in [0.3, 0.4) is 0 Å². The van der Waals surface area contributed by atoms with Crippen LogP contribution in [0.4, 0.5) is 11.4 Å². The van der Waals surface area contributed by atoms with Crippen LogP contribution in [0.25, 0.3) is 0 Å². The van der Waals surface area contributed by atoms with E-state index in [1.165, 1.54) is 24.4 Å². The first kappa shape index (κ1) is 11.7. The third-order valence-corrected chi connectivity index (χ3v) is 2.27. The van der Waals surface area contributed by atoms with Crippen molar-refractivity contribution >= 4 is 17.3 Å². The Kier molecular flexibility index (Phi) is 3.29. The maximum Gasteiger partial charge on any atom is 0.292 e. The van der Waals surface area contributed by atoms with Gasteiger partial charge in [0, 0.05) is 18.5 Å². The van der Waals surface area contributed by atoms with Crippen LogP contribution in [0.5, 0.6) is 0 Å². The number of rotatable bonds is 3. The first-order chi connectivity index (χ1) is 8.68. The predicted molar refractivity (Wildman–Crippen MR) is 65.3 cm³/mol. The van der Waals surface area contributed by atoms with Crippen molar-refractivity contribution in [1.82, 2.24) is 4.98 Å². The van der Waals surface area contributed by atoms with E-state index in [2.05, 4.69) is 10.3 Å². The highest BCUT2D eigenvalue weighted by atomic mass is 16.6. The zero-order chi connectivity index (χ0) is 13.0. The monoisotopic (exact) mass is 243 g/mol. The normalized spacial score (nSPS) is 9.78. The van der Waals surface area contributed by atoms with Gasteiger partial charge >= 0.3 is 0 Å². The Morgan fingerprint density at radius 2 is 2.00 bits per heavy atom. The molecule has 0 aliphatic rings. The molecule has 0 aliphatic carbocycles. The number of hydrogen-bond acceptors (Lipinski definition) is 4. The van der Waals surface area contributed by atoms with Gasteiger partial charge in [0.2, 0.25) is 0 Å². The summed E-state index contributed by atoms with van der Waals surface area (Å²) in [6, 6.07) is 9.17. The predicted octanol–water partition coefficient (Wildman–Crippen LogP) is 2.24. The van der Waals surface area contributed by atoms with E-state index in [1.807, 2.05) is 0 Å². The Balaban J connectivity index is 2.25. The van der Waals surface area contributed by atoms with Crippen LogP contribution in [0, 0.1) is 10.1 Å². The van der Waals surface area contributed by atoms with E-state index in [0.717, 1.165) is 0 Å². The Hall–Kier alpha value is -2.76. The molecule has 0 unspecified atom stereocenters. The SMILES string of the molecule is O=C(Nc1ccccc1[N+](=O)[O-])c1cccnc1. The first-order valence-electron chi connectivity index (χ1n) is 5.13. The summed E-state index contributed by atoms with van der Waals surface area (Å²) in [5, 5.41) is 13.3. The van der Waals surface area contributed by atoms with Gasteiger partial charge in [-0.3, -0.25) is 19.9 Å². The minimum absolute atomic E-state index is 0.144. The number of nitro groups is 1. The molecular formula is C12H9N3O3. The maximum atomic E-state index is 11.8. The van der Waals surface area contributed by atoms with Gasteiger partial charge < -0.3 is 5.32 Å². The number of nitro benzene ring substituents is 1. The van der Waals surface area contributed by atoms with Crippen LogP contribution in [0.1, 0.15) is 10.4 Å². The number of carbonyl (C=O) groups is 1. The van der Waals surface area contributed by atoms with Gasteiger partial charge in [-0.2, -0.15) is 0 Å². The van der Waals surface area contributed by atoms with Crippen LogP contribution in [0.2, 0.25) is 0 Å². The van der Waals surface area contributed by atoms with Crippen molar-refractivity contribution in [3.05, 3.63) is 64.5 Å². The lowest BCUT2D eigenvalue weighted by atomic mass is 10.2. The fourth-order valence-electron chi connectivity index (χ4n) is 1.43. The zero-order valence-electron chi connectivity index (χ0n) is 9.24. The van der Waals surface area contributed by atoms with Crippen LogP contribution in [-0.4, -0.2) is 15.8 Å². The third kappa shape index (κ3) is 2.49. The van der Waals surface area contributed by atoms with Crippen LogP contribution >= 0.6 is 0 Å². The van der Waals surface area contributed by atoms with Crippen molar-refractivity contribution in [3.63, 3.8) is 0 Å². The van der Waals surface area contributed by atoms with E-state index in [9.17, 15) is 14.9 Å². The summed E-state index contributed by atoms with van der Waals surface area (Å²) < 4.78 is 0. The molecule has 0 radical (unpaired) electrons. The molecular weight excluding hydrogens is 234 g/mol. The standard InChI is InChI=1S/C12H9N3O3/c16-12(9-4-3-7-13-8-9)14-10-5-1-2-6-11(10)15(17)18/h1-8H,(H,14,16). The lowest BCUT2D eigenvalue weighted by Gasteiger charge is -2.05. The van der Waals surface area contributed by atoms with Crippen LogP contribution in [-0.2, 0) is 0 Å². The molecule has 0 saturated carbocycles. The highest BCUT2D eigenvalue weighted by Gasteiger charge is 2.15. The quantitative estimate of drug-likeness (QED) is 0.661. The van der Waals surface area contributed by atoms with Crippen molar-refractivity contribution in [2.45, 2.75) is 0 Å². The van der Waals surface area contributed by atoms with E-state index in [1.54, 1.807) is 24.4 Å². The van der Waals surface area contributed by atoms with Gasteiger partial charge in [-0.15, -0.1) is 0 Å². The number of carbonyl (C=O) groups excluding carboxylic acids is 1. The van der Waals surface area contributed by atoms with Crippen molar-refractivity contribution in [2.75, 3.05) is 5.32 Å². The molecule has 1 aromatic carbocycles. The number of aromatic nitrogens is 1. The molecule has 0 spiro atoms. The van der Waals surface area contributed by atoms with Crippen molar-refractivity contribution in [1.29, 1.82) is 0 Å². The van der Waals surface area contributed by atoms with Crippen molar-refractivity contribution in [2.24, 2.45) is 0 Å². The summed E-state index contributed by atoms with van der Waals surface area (Å²) >= 11 is 0. The zero-order valence-corrected chi connectivity index (χ0v) is 9.24. The Bertz CT molecular complexity index is 584. The molecule has 2 rings (SSSR count). The largest absolute Gasteiger partial charge is 0.316 e. The summed E-state index contributed by atoms with van der Waals surface area (Å²) in [4.78, 5) is 25.9. The van der Waals surface area contributed by atoms with Crippen molar-refractivity contribution in [3.8, 4) is 0 Å². The van der Waals surface area contributed by atoms with Crippen molar-refractivity contribution < 1.29 is 9.72 Å². The van der Waals surface area contributed by atoms with Crippen LogP contribution in [0.15, 0.2) is 48.8 Å². The fraction of sp³-hybridized carbons (Fsp3) is 0. The van der Waals surface area contributed by atoms with E-state index in [4.69, 9.17) is 0 Å². The Morgan fingerprint density at radius 3 is 2.67 bits per heavy atom. The number of nitrogens with zero attached hydrogens (tertiary/aromatic N) is 2. The van der Waals surface area contributed by atoms with Crippen LogP contribution < -0.4 is 5.32 Å². The Morgan fingerprint density at radius 1 is 1.22 bits per heavy atom. The third-order valence-electron chi connectivity index (χ3n) is 2.27. The van der Waals surface area contributed by atoms with Gasteiger partial charge in [0.1, 0.15) is 5.69 Å². The summed E-state index contributed by atoms with van der Waals surface area (Å²) in [6.07, 6.45) is 2.94. The van der Waals surface area contributed by atoms with E-state index >= 15 is 0 Å². The van der Waals surface area contributed by atoms with E-state index in [0.29, 0.717) is 5.56 Å². The summed E-state index contributed by atoms with van der Waals surface area (Å²) in [6.45, 7) is 0. The average molecular weight is 243 g/mol. The number of amides is 1. The van der Waals surface area contributed by atoms with Gasteiger partial charge in [0.25, 0.3) is 11.6 Å². The molecule has 0 saturated heterocycles.